The number of non-ortho nitro benzene ring substituents is 1. The topological polar surface area (TPSA) is 65.1 Å². The average Bonchev–Trinajstić information content (AvgIpc) is 2.64. The Bertz CT molecular complexity index is 685. The standard InChI is InChI=1S/C13H12N2O3/c1-14-10-6-5-8(15(17)18)7-9(10)13-11(14)3-2-4-12(13)16/h5-7H,2-4H2,1H3. The lowest BCUT2D eigenvalue weighted by Gasteiger charge is -2.11. The van der Waals surface area contributed by atoms with Gasteiger partial charge in [0.25, 0.3) is 5.69 Å². The summed E-state index contributed by atoms with van der Waals surface area (Å²) in [7, 11) is 1.91. The largest absolute Gasteiger partial charge is 0.347 e. The smallest absolute Gasteiger partial charge is 0.270 e. The number of carbonyl (C=O) groups is 1. The molecule has 1 aliphatic rings. The summed E-state index contributed by atoms with van der Waals surface area (Å²) in [4.78, 5) is 22.4. The van der Waals surface area contributed by atoms with Gasteiger partial charge in [-0.2, -0.15) is 0 Å². The molecule has 5 heteroatoms. The van der Waals surface area contributed by atoms with Crippen molar-refractivity contribution in [3.05, 3.63) is 39.6 Å². The van der Waals surface area contributed by atoms with Crippen LogP contribution < -0.4 is 0 Å². The van der Waals surface area contributed by atoms with E-state index in [1.165, 1.54) is 12.1 Å². The molecule has 0 amide bonds. The predicted molar refractivity (Wildman–Crippen MR) is 66.8 cm³/mol. The van der Waals surface area contributed by atoms with Gasteiger partial charge < -0.3 is 4.57 Å². The van der Waals surface area contributed by atoms with Gasteiger partial charge in [0.05, 0.1) is 4.92 Å². The normalized spacial score (nSPS) is 14.8. The van der Waals surface area contributed by atoms with Crippen LogP contribution in [-0.2, 0) is 13.5 Å². The number of benzene rings is 1. The first kappa shape index (κ1) is 11.0. The SMILES string of the molecule is Cn1c2c(c3cc([N+](=O)[O-])ccc31)C(=O)CCC2. The van der Waals surface area contributed by atoms with Crippen LogP contribution in [0.4, 0.5) is 5.69 Å². The van der Waals surface area contributed by atoms with Gasteiger partial charge in [-0.15, -0.1) is 0 Å². The van der Waals surface area contributed by atoms with Crippen molar-refractivity contribution in [3.63, 3.8) is 0 Å². The second kappa shape index (κ2) is 3.66. The molecule has 3 rings (SSSR count). The summed E-state index contributed by atoms with van der Waals surface area (Å²) in [6, 6.07) is 4.72. The van der Waals surface area contributed by atoms with E-state index >= 15 is 0 Å². The number of nitro groups is 1. The van der Waals surface area contributed by atoms with Crippen LogP contribution in [0.5, 0.6) is 0 Å². The number of Topliss-reactive ketones (excluding diaryl/α,β-unsaturated/α-hetero) is 1. The summed E-state index contributed by atoms with van der Waals surface area (Å²) < 4.78 is 1.98. The maximum absolute atomic E-state index is 12.0. The van der Waals surface area contributed by atoms with Gasteiger partial charge in [0.1, 0.15) is 0 Å². The number of hydrogen-bond donors (Lipinski definition) is 0. The highest BCUT2D eigenvalue weighted by atomic mass is 16.6. The van der Waals surface area contributed by atoms with Crippen LogP contribution in [0.15, 0.2) is 18.2 Å². The Kier molecular flexibility index (Phi) is 2.23. The van der Waals surface area contributed by atoms with Crippen molar-refractivity contribution in [3.8, 4) is 0 Å². The van der Waals surface area contributed by atoms with Gasteiger partial charge in [-0.05, 0) is 18.9 Å². The minimum atomic E-state index is -0.424. The van der Waals surface area contributed by atoms with Crippen LogP contribution in [-0.4, -0.2) is 15.3 Å². The van der Waals surface area contributed by atoms with E-state index in [1.54, 1.807) is 6.07 Å². The summed E-state index contributed by atoms with van der Waals surface area (Å²) in [5.74, 6) is 0.0994. The molecular weight excluding hydrogens is 232 g/mol. The van der Waals surface area contributed by atoms with Crippen molar-refractivity contribution in [2.45, 2.75) is 19.3 Å². The van der Waals surface area contributed by atoms with Crippen molar-refractivity contribution < 1.29 is 9.72 Å². The fourth-order valence-corrected chi connectivity index (χ4v) is 2.74. The van der Waals surface area contributed by atoms with E-state index < -0.39 is 4.92 Å². The maximum atomic E-state index is 12.0. The van der Waals surface area contributed by atoms with Crippen LogP contribution in [0.3, 0.4) is 0 Å². The van der Waals surface area contributed by atoms with Gasteiger partial charge in [-0.1, -0.05) is 0 Å². The first-order chi connectivity index (χ1) is 8.59. The monoisotopic (exact) mass is 244 g/mol. The molecule has 0 radical (unpaired) electrons. The summed E-state index contributed by atoms with van der Waals surface area (Å²) >= 11 is 0. The molecule has 1 aromatic heterocycles. The molecule has 5 nitrogen and oxygen atoms in total. The molecule has 0 saturated carbocycles. The maximum Gasteiger partial charge on any atom is 0.270 e. The lowest BCUT2D eigenvalue weighted by atomic mass is 9.94. The minimum absolute atomic E-state index is 0.0364. The van der Waals surface area contributed by atoms with Crippen LogP contribution >= 0.6 is 0 Å². The van der Waals surface area contributed by atoms with Gasteiger partial charge in [0.15, 0.2) is 5.78 Å². The molecule has 18 heavy (non-hydrogen) atoms. The Morgan fingerprint density at radius 3 is 2.83 bits per heavy atom. The molecule has 0 atom stereocenters. The Morgan fingerprint density at radius 2 is 2.11 bits per heavy atom. The summed E-state index contributed by atoms with van der Waals surface area (Å²) in [6.07, 6.45) is 2.26. The summed E-state index contributed by atoms with van der Waals surface area (Å²) in [5.41, 5.74) is 2.61. The van der Waals surface area contributed by atoms with Crippen molar-refractivity contribution >= 4 is 22.4 Å². The average molecular weight is 244 g/mol. The van der Waals surface area contributed by atoms with E-state index in [-0.39, 0.29) is 11.5 Å². The molecule has 0 aliphatic heterocycles. The van der Waals surface area contributed by atoms with Crippen LogP contribution in [0.25, 0.3) is 10.9 Å². The Balaban J connectivity index is 2.38. The highest BCUT2D eigenvalue weighted by Gasteiger charge is 2.25. The van der Waals surface area contributed by atoms with Crippen molar-refractivity contribution in [2.24, 2.45) is 7.05 Å². The molecule has 92 valence electrons. The Morgan fingerprint density at radius 1 is 1.33 bits per heavy atom. The molecule has 0 fully saturated rings. The van der Waals surface area contributed by atoms with Gasteiger partial charge in [-0.25, -0.2) is 0 Å². The third-order valence-electron chi connectivity index (χ3n) is 3.61. The summed E-state index contributed by atoms with van der Waals surface area (Å²) in [5, 5.41) is 11.5. The second-order valence-electron chi connectivity index (χ2n) is 4.62. The molecule has 1 aliphatic carbocycles. The van der Waals surface area contributed by atoms with Crippen molar-refractivity contribution in [1.82, 2.24) is 4.57 Å². The van der Waals surface area contributed by atoms with E-state index in [1.807, 2.05) is 11.6 Å². The fourth-order valence-electron chi connectivity index (χ4n) is 2.74. The molecule has 1 aromatic carbocycles. The third kappa shape index (κ3) is 1.37. The zero-order valence-corrected chi connectivity index (χ0v) is 9.97. The Labute approximate surface area is 103 Å². The predicted octanol–water partition coefficient (Wildman–Crippen LogP) is 2.61. The second-order valence-corrected chi connectivity index (χ2v) is 4.62. The number of aryl methyl sites for hydroxylation is 1. The first-order valence-corrected chi connectivity index (χ1v) is 5.88. The third-order valence-corrected chi connectivity index (χ3v) is 3.61. The fraction of sp³-hybridized carbons (Fsp3) is 0.308. The van der Waals surface area contributed by atoms with Crippen LogP contribution in [0.1, 0.15) is 28.9 Å². The van der Waals surface area contributed by atoms with Crippen molar-refractivity contribution in [2.75, 3.05) is 0 Å². The van der Waals surface area contributed by atoms with Gasteiger partial charge in [0.2, 0.25) is 0 Å². The number of aromatic nitrogens is 1. The molecule has 0 saturated heterocycles. The zero-order valence-electron chi connectivity index (χ0n) is 9.97. The number of hydrogen-bond acceptors (Lipinski definition) is 3. The number of fused-ring (bicyclic) bond motifs is 3. The highest BCUT2D eigenvalue weighted by Crippen LogP contribution is 2.33. The van der Waals surface area contributed by atoms with Gasteiger partial charge in [0, 0.05) is 47.8 Å². The highest BCUT2D eigenvalue weighted by molar-refractivity contribution is 6.10. The van der Waals surface area contributed by atoms with E-state index in [0.717, 1.165) is 24.1 Å². The van der Waals surface area contributed by atoms with E-state index in [4.69, 9.17) is 0 Å². The quantitative estimate of drug-likeness (QED) is 0.572. The zero-order chi connectivity index (χ0) is 12.9. The number of carbonyl (C=O) groups excluding carboxylic acids is 1. The number of rotatable bonds is 1. The van der Waals surface area contributed by atoms with E-state index in [2.05, 4.69) is 0 Å². The van der Waals surface area contributed by atoms with E-state index in [9.17, 15) is 14.9 Å². The lowest BCUT2D eigenvalue weighted by Crippen LogP contribution is -2.11. The van der Waals surface area contributed by atoms with Crippen LogP contribution in [0, 0.1) is 10.1 Å². The van der Waals surface area contributed by atoms with Crippen molar-refractivity contribution in [1.29, 1.82) is 0 Å². The van der Waals surface area contributed by atoms with Gasteiger partial charge in [-0.3, -0.25) is 14.9 Å². The molecule has 1 heterocycles. The number of ketones is 1. The molecule has 0 bridgehead atoms. The minimum Gasteiger partial charge on any atom is -0.347 e. The van der Waals surface area contributed by atoms with E-state index in [0.29, 0.717) is 17.4 Å². The molecule has 2 aromatic rings. The molecule has 0 unspecified atom stereocenters. The van der Waals surface area contributed by atoms with Crippen LogP contribution in [0.2, 0.25) is 0 Å². The number of nitro benzene ring substituents is 1. The lowest BCUT2D eigenvalue weighted by molar-refractivity contribution is -0.384. The molecule has 0 spiro atoms. The first-order valence-electron chi connectivity index (χ1n) is 5.88. The molecule has 0 N–H and O–H groups in total. The number of nitrogens with zero attached hydrogens (tertiary/aromatic N) is 2. The molecular formula is C13H12N2O3. The van der Waals surface area contributed by atoms with Gasteiger partial charge >= 0.3 is 0 Å². The Hall–Kier alpha value is -2.17. The summed E-state index contributed by atoms with van der Waals surface area (Å²) in [6.45, 7) is 0.